The fourth-order valence-electron chi connectivity index (χ4n) is 1.86. The minimum Gasteiger partial charge on any atom is -0.461 e. The highest BCUT2D eigenvalue weighted by molar-refractivity contribution is 6.30. The van der Waals surface area contributed by atoms with Crippen molar-refractivity contribution in [3.05, 3.63) is 64.4 Å². The Morgan fingerprint density at radius 2 is 2.00 bits per heavy atom. The Labute approximate surface area is 127 Å². The van der Waals surface area contributed by atoms with Gasteiger partial charge in [0.1, 0.15) is 12.4 Å². The van der Waals surface area contributed by atoms with Crippen molar-refractivity contribution in [1.29, 1.82) is 0 Å². The number of benzene rings is 2. The first-order chi connectivity index (χ1) is 10.0. The monoisotopic (exact) mass is 307 g/mol. The number of hydrogen-bond acceptors (Lipinski definition) is 3. The molecule has 110 valence electrons. The van der Waals surface area contributed by atoms with Crippen molar-refractivity contribution in [2.45, 2.75) is 19.4 Å². The lowest BCUT2D eigenvalue weighted by Gasteiger charge is -2.06. The van der Waals surface area contributed by atoms with Crippen molar-refractivity contribution in [3.8, 4) is 0 Å². The Kier molecular flexibility index (Phi) is 5.17. The largest absolute Gasteiger partial charge is 0.461 e. The van der Waals surface area contributed by atoms with Crippen molar-refractivity contribution < 1.29 is 13.9 Å². The molecule has 0 heterocycles. The van der Waals surface area contributed by atoms with Gasteiger partial charge in [0.15, 0.2) is 0 Å². The first kappa shape index (κ1) is 15.3. The molecule has 2 rings (SSSR count). The smallest absolute Gasteiger partial charge is 0.306 e. The van der Waals surface area contributed by atoms with E-state index >= 15 is 0 Å². The van der Waals surface area contributed by atoms with Gasteiger partial charge in [-0.15, -0.1) is 0 Å². The number of esters is 1. The molecule has 0 unspecified atom stereocenters. The molecule has 21 heavy (non-hydrogen) atoms. The van der Waals surface area contributed by atoms with Crippen LogP contribution in [0.1, 0.15) is 17.5 Å². The van der Waals surface area contributed by atoms with E-state index in [1.807, 2.05) is 18.2 Å². The minimum absolute atomic E-state index is 0.0316. The van der Waals surface area contributed by atoms with Gasteiger partial charge >= 0.3 is 5.97 Å². The number of aryl methyl sites for hydroxylation is 1. The van der Waals surface area contributed by atoms with Crippen molar-refractivity contribution in [1.82, 2.24) is 0 Å². The lowest BCUT2D eigenvalue weighted by Crippen LogP contribution is -2.06. The summed E-state index contributed by atoms with van der Waals surface area (Å²) in [7, 11) is 0. The summed E-state index contributed by atoms with van der Waals surface area (Å²) in [5, 5.41) is 0.0479. The van der Waals surface area contributed by atoms with Gasteiger partial charge in [0.2, 0.25) is 0 Å². The van der Waals surface area contributed by atoms with Crippen LogP contribution in [0.25, 0.3) is 0 Å². The van der Waals surface area contributed by atoms with E-state index in [1.165, 1.54) is 12.1 Å². The van der Waals surface area contributed by atoms with Gasteiger partial charge in [0, 0.05) is 12.1 Å². The Morgan fingerprint density at radius 1 is 1.19 bits per heavy atom. The average Bonchev–Trinajstić information content (AvgIpc) is 2.46. The number of rotatable bonds is 5. The van der Waals surface area contributed by atoms with Gasteiger partial charge in [-0.1, -0.05) is 29.8 Å². The molecular weight excluding hydrogens is 293 g/mol. The minimum atomic E-state index is -0.523. The molecule has 0 bridgehead atoms. The van der Waals surface area contributed by atoms with Gasteiger partial charge in [-0.05, 0) is 41.8 Å². The summed E-state index contributed by atoms with van der Waals surface area (Å²) in [4.78, 5) is 11.7. The molecule has 0 aliphatic carbocycles. The second kappa shape index (κ2) is 7.09. The Morgan fingerprint density at radius 3 is 2.71 bits per heavy atom. The van der Waals surface area contributed by atoms with Crippen LogP contribution in [0.2, 0.25) is 5.02 Å². The molecule has 0 saturated carbocycles. The van der Waals surface area contributed by atoms with Crippen LogP contribution >= 0.6 is 11.6 Å². The third-order valence-electron chi connectivity index (χ3n) is 2.95. The molecule has 2 aromatic rings. The van der Waals surface area contributed by atoms with Crippen LogP contribution in [0, 0.1) is 5.82 Å². The molecule has 0 amide bonds. The van der Waals surface area contributed by atoms with E-state index in [-0.39, 0.29) is 24.0 Å². The normalized spacial score (nSPS) is 10.4. The summed E-state index contributed by atoms with van der Waals surface area (Å²) in [5.41, 5.74) is 7.87. The maximum absolute atomic E-state index is 13.2. The van der Waals surface area contributed by atoms with Gasteiger partial charge < -0.3 is 10.5 Å². The zero-order chi connectivity index (χ0) is 15.2. The van der Waals surface area contributed by atoms with Gasteiger partial charge in [-0.3, -0.25) is 4.79 Å². The SMILES string of the molecule is Nc1cccc(CCC(=O)OCc2ccc(Cl)c(F)c2)c1. The van der Waals surface area contributed by atoms with Crippen molar-refractivity contribution >= 4 is 23.3 Å². The number of carbonyl (C=O) groups is 1. The van der Waals surface area contributed by atoms with Crippen molar-refractivity contribution in [2.75, 3.05) is 5.73 Å². The second-order valence-electron chi connectivity index (χ2n) is 4.65. The summed E-state index contributed by atoms with van der Waals surface area (Å²) in [5.74, 6) is -0.863. The first-order valence-corrected chi connectivity index (χ1v) is 6.86. The summed E-state index contributed by atoms with van der Waals surface area (Å²) in [6.07, 6.45) is 0.804. The molecule has 2 aromatic carbocycles. The molecule has 0 saturated heterocycles. The fourth-order valence-corrected chi connectivity index (χ4v) is 1.98. The molecule has 0 aliphatic heterocycles. The molecule has 0 atom stereocenters. The first-order valence-electron chi connectivity index (χ1n) is 6.48. The molecule has 5 heteroatoms. The highest BCUT2D eigenvalue weighted by Crippen LogP contribution is 2.16. The van der Waals surface area contributed by atoms with Crippen LogP contribution in [-0.2, 0) is 22.6 Å². The molecule has 0 aromatic heterocycles. The Hall–Kier alpha value is -2.07. The molecule has 0 fully saturated rings. The molecular formula is C16H15ClFNO2. The van der Waals surface area contributed by atoms with Crippen LogP contribution in [0.4, 0.5) is 10.1 Å². The predicted octanol–water partition coefficient (Wildman–Crippen LogP) is 3.74. The number of halogens is 2. The van der Waals surface area contributed by atoms with Crippen LogP contribution in [-0.4, -0.2) is 5.97 Å². The van der Waals surface area contributed by atoms with Gasteiger partial charge in [-0.2, -0.15) is 0 Å². The van der Waals surface area contributed by atoms with E-state index in [4.69, 9.17) is 22.1 Å². The van der Waals surface area contributed by atoms with Crippen molar-refractivity contribution in [2.24, 2.45) is 0 Å². The molecule has 3 nitrogen and oxygen atoms in total. The third kappa shape index (κ3) is 4.76. The zero-order valence-corrected chi connectivity index (χ0v) is 12.1. The van der Waals surface area contributed by atoms with E-state index in [0.717, 1.165) is 5.56 Å². The predicted molar refractivity (Wildman–Crippen MR) is 80.4 cm³/mol. The van der Waals surface area contributed by atoms with Gasteiger partial charge in [0.05, 0.1) is 5.02 Å². The molecule has 0 spiro atoms. The number of anilines is 1. The van der Waals surface area contributed by atoms with Gasteiger partial charge in [-0.25, -0.2) is 4.39 Å². The van der Waals surface area contributed by atoms with Crippen LogP contribution in [0.15, 0.2) is 42.5 Å². The second-order valence-corrected chi connectivity index (χ2v) is 5.06. The quantitative estimate of drug-likeness (QED) is 0.676. The molecule has 0 radical (unpaired) electrons. The van der Waals surface area contributed by atoms with Crippen LogP contribution in [0.5, 0.6) is 0 Å². The zero-order valence-electron chi connectivity index (χ0n) is 11.3. The van der Waals surface area contributed by atoms with E-state index in [9.17, 15) is 9.18 Å². The average molecular weight is 308 g/mol. The van der Waals surface area contributed by atoms with E-state index in [0.29, 0.717) is 17.7 Å². The van der Waals surface area contributed by atoms with E-state index in [2.05, 4.69) is 0 Å². The van der Waals surface area contributed by atoms with Crippen LogP contribution < -0.4 is 5.73 Å². The highest BCUT2D eigenvalue weighted by atomic mass is 35.5. The lowest BCUT2D eigenvalue weighted by molar-refractivity contribution is -0.144. The summed E-state index contributed by atoms with van der Waals surface area (Å²) in [6, 6.07) is 11.7. The highest BCUT2D eigenvalue weighted by Gasteiger charge is 2.06. The van der Waals surface area contributed by atoms with Gasteiger partial charge in [0.25, 0.3) is 0 Å². The summed E-state index contributed by atoms with van der Waals surface area (Å²) < 4.78 is 18.3. The third-order valence-corrected chi connectivity index (χ3v) is 3.26. The van der Waals surface area contributed by atoms with Crippen molar-refractivity contribution in [3.63, 3.8) is 0 Å². The number of nitrogens with two attached hydrogens (primary N) is 1. The number of carbonyl (C=O) groups excluding carboxylic acids is 1. The van der Waals surface area contributed by atoms with E-state index < -0.39 is 5.82 Å². The molecule has 2 N–H and O–H groups in total. The summed E-state index contributed by atoms with van der Waals surface area (Å²) in [6.45, 7) is 0.0316. The number of hydrogen-bond donors (Lipinski definition) is 1. The Balaban J connectivity index is 1.80. The maximum Gasteiger partial charge on any atom is 0.306 e. The Bertz CT molecular complexity index is 646. The summed E-state index contributed by atoms with van der Waals surface area (Å²) >= 11 is 5.58. The lowest BCUT2D eigenvalue weighted by atomic mass is 10.1. The number of ether oxygens (including phenoxy) is 1. The fraction of sp³-hybridized carbons (Fsp3) is 0.188. The standard InChI is InChI=1S/C16H15ClFNO2/c17-14-6-4-12(9-15(14)18)10-21-16(20)7-5-11-2-1-3-13(19)8-11/h1-4,6,8-9H,5,7,10,19H2. The maximum atomic E-state index is 13.2. The topological polar surface area (TPSA) is 52.3 Å². The van der Waals surface area contributed by atoms with E-state index in [1.54, 1.807) is 12.1 Å². The number of nitrogen functional groups attached to an aromatic ring is 1. The van der Waals surface area contributed by atoms with Crippen LogP contribution in [0.3, 0.4) is 0 Å². The molecule has 0 aliphatic rings.